The van der Waals surface area contributed by atoms with E-state index in [1.165, 1.54) is 25.0 Å². The number of benzene rings is 1. The molecule has 0 aromatic heterocycles. The summed E-state index contributed by atoms with van der Waals surface area (Å²) >= 11 is 0. The highest BCUT2D eigenvalue weighted by molar-refractivity contribution is 5.92. The van der Waals surface area contributed by atoms with E-state index in [-0.39, 0.29) is 11.7 Å². The lowest BCUT2D eigenvalue weighted by molar-refractivity contribution is -0.117. The molecule has 116 valence electrons. The summed E-state index contributed by atoms with van der Waals surface area (Å²) in [6, 6.07) is 5.99. The van der Waals surface area contributed by atoms with Crippen LogP contribution in [0.4, 0.5) is 10.1 Å². The Morgan fingerprint density at radius 3 is 3.05 bits per heavy atom. The van der Waals surface area contributed by atoms with Crippen molar-refractivity contribution in [3.63, 3.8) is 0 Å². The normalized spacial score (nSPS) is 18.7. The molecule has 0 radical (unpaired) electrons. The molecule has 0 aliphatic carbocycles. The maximum absolute atomic E-state index is 13.1. The van der Waals surface area contributed by atoms with Crippen molar-refractivity contribution in [2.75, 3.05) is 38.0 Å². The number of rotatable bonds is 6. The lowest BCUT2D eigenvalue weighted by atomic mass is 9.99. The zero-order valence-corrected chi connectivity index (χ0v) is 12.6. The van der Waals surface area contributed by atoms with Crippen LogP contribution in [0.1, 0.15) is 19.8 Å². The fraction of sp³-hybridized carbons (Fsp3) is 0.562. The van der Waals surface area contributed by atoms with E-state index in [0.717, 1.165) is 26.2 Å². The fourth-order valence-corrected chi connectivity index (χ4v) is 2.72. The van der Waals surface area contributed by atoms with Crippen molar-refractivity contribution < 1.29 is 9.18 Å². The van der Waals surface area contributed by atoms with Crippen molar-refractivity contribution >= 4 is 11.6 Å². The average molecular weight is 293 g/mol. The van der Waals surface area contributed by atoms with Crippen molar-refractivity contribution in [1.29, 1.82) is 0 Å². The van der Waals surface area contributed by atoms with Crippen LogP contribution in [0, 0.1) is 11.7 Å². The maximum atomic E-state index is 13.1. The van der Waals surface area contributed by atoms with E-state index in [0.29, 0.717) is 18.2 Å². The summed E-state index contributed by atoms with van der Waals surface area (Å²) in [5, 5.41) is 6.14. The van der Waals surface area contributed by atoms with Crippen molar-refractivity contribution in [1.82, 2.24) is 10.2 Å². The Labute approximate surface area is 125 Å². The standard InChI is InChI=1S/C16H24FN3O/c1-2-20(11-13-5-4-8-18-10-13)12-16(21)19-15-7-3-6-14(17)9-15/h3,6-7,9,13,18H,2,4-5,8,10-12H2,1H3,(H,19,21). The molecule has 2 N–H and O–H groups in total. The third kappa shape index (κ3) is 5.44. The predicted octanol–water partition coefficient (Wildman–Crippen LogP) is 2.09. The minimum absolute atomic E-state index is 0.0915. The van der Waals surface area contributed by atoms with E-state index in [9.17, 15) is 9.18 Å². The van der Waals surface area contributed by atoms with Crippen LogP contribution in [0.15, 0.2) is 24.3 Å². The molecule has 0 bridgehead atoms. The number of amides is 1. The minimum Gasteiger partial charge on any atom is -0.325 e. The summed E-state index contributed by atoms with van der Waals surface area (Å²) in [6.07, 6.45) is 2.42. The van der Waals surface area contributed by atoms with Gasteiger partial charge in [-0.25, -0.2) is 4.39 Å². The van der Waals surface area contributed by atoms with E-state index in [1.54, 1.807) is 12.1 Å². The number of piperidine rings is 1. The Bertz CT molecular complexity index is 461. The van der Waals surface area contributed by atoms with Gasteiger partial charge < -0.3 is 10.6 Å². The molecule has 1 atom stereocenters. The molecule has 1 heterocycles. The van der Waals surface area contributed by atoms with E-state index >= 15 is 0 Å². The summed E-state index contributed by atoms with van der Waals surface area (Å²) in [5.74, 6) is 0.181. The van der Waals surface area contributed by atoms with Gasteiger partial charge in [-0.15, -0.1) is 0 Å². The Morgan fingerprint density at radius 2 is 2.38 bits per heavy atom. The largest absolute Gasteiger partial charge is 0.325 e. The van der Waals surface area contributed by atoms with Gasteiger partial charge in [0.2, 0.25) is 5.91 Å². The molecule has 1 fully saturated rings. The first-order valence-corrected chi connectivity index (χ1v) is 7.66. The van der Waals surface area contributed by atoms with Gasteiger partial charge in [0.25, 0.3) is 0 Å². The number of nitrogens with one attached hydrogen (secondary N) is 2. The van der Waals surface area contributed by atoms with Gasteiger partial charge in [0.15, 0.2) is 0 Å². The second-order valence-corrected chi connectivity index (χ2v) is 5.60. The highest BCUT2D eigenvalue weighted by Crippen LogP contribution is 2.12. The number of anilines is 1. The van der Waals surface area contributed by atoms with Crippen LogP contribution < -0.4 is 10.6 Å². The van der Waals surface area contributed by atoms with Crippen LogP contribution in [-0.4, -0.2) is 43.5 Å². The molecule has 1 saturated heterocycles. The monoisotopic (exact) mass is 293 g/mol. The second kappa shape index (κ2) is 8.10. The van der Waals surface area contributed by atoms with Crippen molar-refractivity contribution in [3.05, 3.63) is 30.1 Å². The summed E-state index contributed by atoms with van der Waals surface area (Å²) in [6.45, 7) is 6.31. The molecule has 1 unspecified atom stereocenters. The molecule has 4 nitrogen and oxygen atoms in total. The predicted molar refractivity (Wildman–Crippen MR) is 82.7 cm³/mol. The quantitative estimate of drug-likeness (QED) is 0.844. The molecule has 0 spiro atoms. The second-order valence-electron chi connectivity index (χ2n) is 5.60. The molecule has 1 aliphatic heterocycles. The summed E-state index contributed by atoms with van der Waals surface area (Å²) in [4.78, 5) is 14.2. The van der Waals surface area contributed by atoms with Crippen molar-refractivity contribution in [2.24, 2.45) is 5.92 Å². The number of likely N-dealkylation sites (N-methyl/N-ethyl adjacent to an activating group) is 1. The number of halogens is 1. The van der Waals surface area contributed by atoms with E-state index in [1.807, 2.05) is 0 Å². The Hall–Kier alpha value is -1.46. The summed E-state index contributed by atoms with van der Waals surface area (Å²) < 4.78 is 13.1. The molecule has 5 heteroatoms. The number of nitrogens with zero attached hydrogens (tertiary/aromatic N) is 1. The number of carbonyl (C=O) groups is 1. The molecule has 21 heavy (non-hydrogen) atoms. The van der Waals surface area contributed by atoms with Gasteiger partial charge in [0, 0.05) is 12.2 Å². The van der Waals surface area contributed by atoms with Gasteiger partial charge >= 0.3 is 0 Å². The minimum atomic E-state index is -0.339. The topological polar surface area (TPSA) is 44.4 Å². The van der Waals surface area contributed by atoms with Gasteiger partial charge in [-0.2, -0.15) is 0 Å². The van der Waals surface area contributed by atoms with Crippen molar-refractivity contribution in [2.45, 2.75) is 19.8 Å². The zero-order valence-electron chi connectivity index (χ0n) is 12.6. The van der Waals surface area contributed by atoms with Crippen LogP contribution >= 0.6 is 0 Å². The Kier molecular flexibility index (Phi) is 6.14. The van der Waals surface area contributed by atoms with Gasteiger partial charge in [0.1, 0.15) is 5.82 Å². The molecular weight excluding hydrogens is 269 g/mol. The van der Waals surface area contributed by atoms with Crippen LogP contribution in [0.5, 0.6) is 0 Å². The van der Waals surface area contributed by atoms with Gasteiger partial charge in [-0.3, -0.25) is 9.69 Å². The molecule has 1 aliphatic rings. The smallest absolute Gasteiger partial charge is 0.238 e. The average Bonchev–Trinajstić information content (AvgIpc) is 2.47. The van der Waals surface area contributed by atoms with Gasteiger partial charge in [-0.05, 0) is 56.6 Å². The maximum Gasteiger partial charge on any atom is 0.238 e. The first-order valence-electron chi connectivity index (χ1n) is 7.66. The molecule has 1 amide bonds. The fourth-order valence-electron chi connectivity index (χ4n) is 2.72. The highest BCUT2D eigenvalue weighted by atomic mass is 19.1. The molecular formula is C16H24FN3O. The summed E-state index contributed by atoms with van der Waals surface area (Å²) in [5.41, 5.74) is 0.510. The van der Waals surface area contributed by atoms with Crippen molar-refractivity contribution in [3.8, 4) is 0 Å². The summed E-state index contributed by atoms with van der Waals surface area (Å²) in [7, 11) is 0. The Morgan fingerprint density at radius 1 is 1.52 bits per heavy atom. The molecule has 0 saturated carbocycles. The SMILES string of the molecule is CCN(CC(=O)Nc1cccc(F)c1)CC1CCCNC1. The van der Waals surface area contributed by atoms with Gasteiger partial charge in [-0.1, -0.05) is 13.0 Å². The van der Waals surface area contributed by atoms with Gasteiger partial charge in [0.05, 0.1) is 6.54 Å². The third-order valence-electron chi connectivity index (χ3n) is 3.84. The zero-order chi connectivity index (χ0) is 15.1. The van der Waals surface area contributed by atoms with Crippen LogP contribution in [-0.2, 0) is 4.79 Å². The lowest BCUT2D eigenvalue weighted by Gasteiger charge is -2.29. The first kappa shape index (κ1) is 15.9. The molecule has 1 aromatic rings. The highest BCUT2D eigenvalue weighted by Gasteiger charge is 2.18. The number of hydrogen-bond donors (Lipinski definition) is 2. The number of carbonyl (C=O) groups excluding carboxylic acids is 1. The first-order chi connectivity index (χ1) is 10.2. The Balaban J connectivity index is 1.81. The van der Waals surface area contributed by atoms with Crippen LogP contribution in [0.2, 0.25) is 0 Å². The van der Waals surface area contributed by atoms with E-state index in [4.69, 9.17) is 0 Å². The van der Waals surface area contributed by atoms with Crippen LogP contribution in [0.25, 0.3) is 0 Å². The van der Waals surface area contributed by atoms with Crippen LogP contribution in [0.3, 0.4) is 0 Å². The molecule has 2 rings (SSSR count). The molecule has 1 aromatic carbocycles. The van der Waals surface area contributed by atoms with E-state index in [2.05, 4.69) is 22.5 Å². The van der Waals surface area contributed by atoms with E-state index < -0.39 is 0 Å². The number of hydrogen-bond acceptors (Lipinski definition) is 3. The lowest BCUT2D eigenvalue weighted by Crippen LogP contribution is -2.41. The third-order valence-corrected chi connectivity index (χ3v) is 3.84.